The molecular formula is C14H16N2OS. The van der Waals surface area contributed by atoms with Crippen molar-refractivity contribution in [2.24, 2.45) is 5.92 Å². The van der Waals surface area contributed by atoms with Crippen molar-refractivity contribution in [1.29, 1.82) is 0 Å². The van der Waals surface area contributed by atoms with Crippen LogP contribution in [0.3, 0.4) is 0 Å². The summed E-state index contributed by atoms with van der Waals surface area (Å²) in [6.07, 6.45) is 8.19. The van der Waals surface area contributed by atoms with Gasteiger partial charge in [0.15, 0.2) is 0 Å². The van der Waals surface area contributed by atoms with Crippen LogP contribution in [0.5, 0.6) is 0 Å². The van der Waals surface area contributed by atoms with E-state index in [0.29, 0.717) is 12.0 Å². The van der Waals surface area contributed by atoms with Crippen LogP contribution in [0.15, 0.2) is 24.0 Å². The molecule has 2 aromatic heterocycles. The van der Waals surface area contributed by atoms with Gasteiger partial charge in [0.1, 0.15) is 0 Å². The monoisotopic (exact) mass is 260 g/mol. The van der Waals surface area contributed by atoms with E-state index in [-0.39, 0.29) is 6.10 Å². The van der Waals surface area contributed by atoms with Gasteiger partial charge in [-0.2, -0.15) is 0 Å². The second-order valence-corrected chi connectivity index (χ2v) is 6.29. The van der Waals surface area contributed by atoms with Gasteiger partial charge < -0.3 is 9.67 Å². The number of hydrogen-bond acceptors (Lipinski definition) is 3. The Hall–Kier alpha value is -1.13. The maximum atomic E-state index is 10.3. The Labute approximate surface area is 110 Å². The minimum atomic E-state index is -0.160. The molecule has 1 fully saturated rings. The molecule has 0 aromatic carbocycles. The molecule has 1 aliphatic carbocycles. The largest absolute Gasteiger partial charge is 0.393 e. The first-order chi connectivity index (χ1) is 8.86. The highest BCUT2D eigenvalue weighted by Gasteiger charge is 2.39. The van der Waals surface area contributed by atoms with Gasteiger partial charge in [-0.25, -0.2) is 4.98 Å². The lowest BCUT2D eigenvalue weighted by Gasteiger charge is -2.33. The van der Waals surface area contributed by atoms with E-state index < -0.39 is 0 Å². The Bertz CT molecular complexity index is 534. The predicted octanol–water partition coefficient (Wildman–Crippen LogP) is 3.07. The molecule has 4 rings (SSSR count). The number of aliphatic hydroxyl groups excluding tert-OH is 1. The summed E-state index contributed by atoms with van der Waals surface area (Å²) < 4.78 is 2.26. The molecule has 3 heterocycles. The Morgan fingerprint density at radius 2 is 2.22 bits per heavy atom. The number of thiophene rings is 1. The fraction of sp³-hybridized carbons (Fsp3) is 0.500. The number of nitrogens with zero attached hydrogens (tertiary/aromatic N) is 2. The summed E-state index contributed by atoms with van der Waals surface area (Å²) >= 11 is 1.82. The van der Waals surface area contributed by atoms with E-state index in [4.69, 9.17) is 0 Å². The molecule has 0 bridgehead atoms. The van der Waals surface area contributed by atoms with Gasteiger partial charge in [-0.05, 0) is 24.3 Å². The van der Waals surface area contributed by atoms with Crippen LogP contribution in [-0.2, 0) is 0 Å². The van der Waals surface area contributed by atoms with Gasteiger partial charge in [0.25, 0.3) is 0 Å². The molecule has 0 radical (unpaired) electrons. The lowest BCUT2D eigenvalue weighted by Crippen LogP contribution is -2.31. The fourth-order valence-corrected chi connectivity index (χ4v) is 4.61. The maximum absolute atomic E-state index is 10.3. The van der Waals surface area contributed by atoms with Crippen molar-refractivity contribution in [1.82, 2.24) is 9.55 Å². The summed E-state index contributed by atoms with van der Waals surface area (Å²) in [4.78, 5) is 5.69. The molecule has 1 saturated carbocycles. The molecule has 3 atom stereocenters. The van der Waals surface area contributed by atoms with Gasteiger partial charge in [-0.15, -0.1) is 11.3 Å². The lowest BCUT2D eigenvalue weighted by molar-refractivity contribution is 0.0510. The van der Waals surface area contributed by atoms with Crippen LogP contribution in [0, 0.1) is 5.92 Å². The minimum absolute atomic E-state index is 0.160. The highest BCUT2D eigenvalue weighted by Crippen LogP contribution is 2.49. The highest BCUT2D eigenvalue weighted by atomic mass is 32.1. The lowest BCUT2D eigenvalue weighted by atomic mass is 9.81. The van der Waals surface area contributed by atoms with E-state index in [1.165, 1.54) is 29.0 Å². The average molecular weight is 260 g/mol. The van der Waals surface area contributed by atoms with Crippen LogP contribution in [0.2, 0.25) is 0 Å². The molecule has 18 heavy (non-hydrogen) atoms. The third kappa shape index (κ3) is 1.36. The number of rotatable bonds is 1. The topological polar surface area (TPSA) is 38.1 Å². The van der Waals surface area contributed by atoms with Crippen LogP contribution in [-0.4, -0.2) is 20.8 Å². The Balaban J connectivity index is 1.82. The summed E-state index contributed by atoms with van der Waals surface area (Å²) in [5.74, 6) is 0.353. The summed E-state index contributed by atoms with van der Waals surface area (Å²) in [7, 11) is 0. The van der Waals surface area contributed by atoms with E-state index in [2.05, 4.69) is 21.0 Å². The molecule has 1 unspecified atom stereocenters. The summed E-state index contributed by atoms with van der Waals surface area (Å²) in [6.45, 7) is 0. The number of aliphatic hydroxyl groups is 1. The molecule has 1 aliphatic heterocycles. The van der Waals surface area contributed by atoms with Crippen LogP contribution in [0.4, 0.5) is 0 Å². The standard InChI is InChI=1S/C14H16N2OS/c17-12-4-2-1-3-10(12)13-14-9(5-6-18-14)11-7-15-8-16(11)13/h5-8,10,12-13,17H,1-4H2/t10-,12-,13?/m0/s1. The zero-order valence-corrected chi connectivity index (χ0v) is 10.9. The van der Waals surface area contributed by atoms with Crippen LogP contribution >= 0.6 is 11.3 Å². The van der Waals surface area contributed by atoms with Gasteiger partial charge in [0.2, 0.25) is 0 Å². The highest BCUT2D eigenvalue weighted by molar-refractivity contribution is 7.10. The molecule has 0 spiro atoms. The molecule has 1 N–H and O–H groups in total. The van der Waals surface area contributed by atoms with Crippen LogP contribution < -0.4 is 0 Å². The molecule has 2 aromatic rings. The first-order valence-corrected chi connectivity index (χ1v) is 7.52. The van der Waals surface area contributed by atoms with Gasteiger partial charge in [0, 0.05) is 16.4 Å². The predicted molar refractivity (Wildman–Crippen MR) is 71.6 cm³/mol. The number of aromatic nitrogens is 2. The van der Waals surface area contributed by atoms with Crippen LogP contribution in [0.1, 0.15) is 36.6 Å². The molecule has 94 valence electrons. The van der Waals surface area contributed by atoms with Gasteiger partial charge in [-0.1, -0.05) is 12.8 Å². The number of hydrogen-bond donors (Lipinski definition) is 1. The SMILES string of the molecule is O[C@H]1CCCC[C@@H]1C1c2sccc2-c2cncn21. The summed E-state index contributed by atoms with van der Waals surface area (Å²) in [5.41, 5.74) is 2.54. The number of imidazole rings is 1. The number of fused-ring (bicyclic) bond motifs is 3. The fourth-order valence-electron chi connectivity index (χ4n) is 3.53. The minimum Gasteiger partial charge on any atom is -0.393 e. The molecule has 0 saturated heterocycles. The third-order valence-electron chi connectivity index (χ3n) is 4.39. The molecule has 4 heteroatoms. The first-order valence-electron chi connectivity index (χ1n) is 6.64. The second kappa shape index (κ2) is 3.93. The van der Waals surface area contributed by atoms with E-state index in [0.717, 1.165) is 12.8 Å². The third-order valence-corrected chi connectivity index (χ3v) is 5.38. The second-order valence-electron chi connectivity index (χ2n) is 5.35. The van der Waals surface area contributed by atoms with Crippen molar-refractivity contribution in [3.63, 3.8) is 0 Å². The Morgan fingerprint density at radius 1 is 1.33 bits per heavy atom. The van der Waals surface area contributed by atoms with E-state index >= 15 is 0 Å². The van der Waals surface area contributed by atoms with Crippen molar-refractivity contribution < 1.29 is 5.11 Å². The van der Waals surface area contributed by atoms with Crippen molar-refractivity contribution >= 4 is 11.3 Å². The molecule has 0 amide bonds. The maximum Gasteiger partial charge on any atom is 0.0957 e. The van der Waals surface area contributed by atoms with Gasteiger partial charge in [0.05, 0.1) is 30.4 Å². The van der Waals surface area contributed by atoms with Gasteiger partial charge >= 0.3 is 0 Å². The first kappa shape index (κ1) is 10.8. The van der Waals surface area contributed by atoms with Crippen molar-refractivity contribution in [2.75, 3.05) is 0 Å². The smallest absolute Gasteiger partial charge is 0.0957 e. The van der Waals surface area contributed by atoms with Crippen molar-refractivity contribution in [3.8, 4) is 11.3 Å². The average Bonchev–Trinajstić information content (AvgIpc) is 3.02. The normalized spacial score (nSPS) is 30.2. The molecule has 2 aliphatic rings. The Kier molecular flexibility index (Phi) is 2.35. The van der Waals surface area contributed by atoms with Crippen molar-refractivity contribution in [3.05, 3.63) is 28.8 Å². The van der Waals surface area contributed by atoms with E-state index in [9.17, 15) is 5.11 Å². The van der Waals surface area contributed by atoms with E-state index in [1.54, 1.807) is 0 Å². The summed E-state index contributed by atoms with van der Waals surface area (Å²) in [5, 5.41) is 12.5. The van der Waals surface area contributed by atoms with Crippen molar-refractivity contribution in [2.45, 2.75) is 37.8 Å². The quantitative estimate of drug-likeness (QED) is 0.855. The molecular weight excluding hydrogens is 244 g/mol. The van der Waals surface area contributed by atoms with Crippen LogP contribution in [0.25, 0.3) is 11.3 Å². The summed E-state index contributed by atoms with van der Waals surface area (Å²) in [6, 6.07) is 2.50. The molecule has 3 nitrogen and oxygen atoms in total. The zero-order valence-electron chi connectivity index (χ0n) is 10.1. The Morgan fingerprint density at radius 3 is 3.11 bits per heavy atom. The zero-order chi connectivity index (χ0) is 12.1. The van der Waals surface area contributed by atoms with Gasteiger partial charge in [-0.3, -0.25) is 0 Å². The van der Waals surface area contributed by atoms with E-state index in [1.807, 2.05) is 23.9 Å².